The van der Waals surface area contributed by atoms with Crippen LogP contribution in [0.3, 0.4) is 0 Å². The van der Waals surface area contributed by atoms with E-state index in [1.54, 1.807) is 0 Å². The molecule has 0 heterocycles. The van der Waals surface area contributed by atoms with Crippen LogP contribution in [-0.4, -0.2) is 18.6 Å². The Morgan fingerprint density at radius 3 is 2.74 bits per heavy atom. The van der Waals surface area contributed by atoms with E-state index in [0.29, 0.717) is 31.0 Å². The predicted octanol–water partition coefficient (Wildman–Crippen LogP) is 6.32. The fraction of sp³-hybridized carbons (Fsp3) is 0.393. The van der Waals surface area contributed by atoms with Gasteiger partial charge in [-0.1, -0.05) is 66.7 Å². The van der Waals surface area contributed by atoms with Gasteiger partial charge in [0.2, 0.25) is 0 Å². The van der Waals surface area contributed by atoms with Crippen LogP contribution in [0.4, 0.5) is 0 Å². The average molecular weight is 416 g/mol. The van der Waals surface area contributed by atoms with Gasteiger partial charge in [-0.25, -0.2) is 0 Å². The van der Waals surface area contributed by atoms with Gasteiger partial charge in [-0.3, -0.25) is 4.79 Å². The highest BCUT2D eigenvalue weighted by Crippen LogP contribution is 2.36. The Morgan fingerprint density at radius 1 is 1.06 bits per heavy atom. The molecule has 31 heavy (non-hydrogen) atoms. The van der Waals surface area contributed by atoms with Crippen molar-refractivity contribution in [3.8, 4) is 0 Å². The minimum absolute atomic E-state index is 0.111. The molecule has 1 N–H and O–H groups in total. The van der Waals surface area contributed by atoms with E-state index < -0.39 is 0 Å². The molecule has 3 aromatic rings. The number of carbonyl (C=O) groups is 1. The molecule has 162 valence electrons. The van der Waals surface area contributed by atoms with Gasteiger partial charge >= 0.3 is 5.97 Å². The topological polar surface area (TPSA) is 38.3 Å². The van der Waals surface area contributed by atoms with Gasteiger partial charge in [0.1, 0.15) is 0 Å². The third-order valence-corrected chi connectivity index (χ3v) is 6.55. The molecule has 1 aliphatic carbocycles. The standard InChI is InChI=1S/C28H33NO2/c1-3-31-28(30)17-14-21-8-6-11-23(18-21)24-15-16-25(19-24)29-20(2)26-13-7-10-22-9-4-5-12-27(22)26/h4-13,18,20,24-25,29H,3,14-17,19H2,1-2H3/t20?,24-,25?/m0/s1. The maximum atomic E-state index is 11.7. The minimum atomic E-state index is -0.111. The number of nitrogens with one attached hydrogen (secondary N) is 1. The Morgan fingerprint density at radius 2 is 1.87 bits per heavy atom. The average Bonchev–Trinajstić information content (AvgIpc) is 3.26. The van der Waals surface area contributed by atoms with Crippen molar-refractivity contribution in [2.45, 2.75) is 64.0 Å². The number of esters is 1. The van der Waals surface area contributed by atoms with Gasteiger partial charge in [0.15, 0.2) is 0 Å². The number of hydrogen-bond acceptors (Lipinski definition) is 3. The van der Waals surface area contributed by atoms with E-state index in [1.807, 2.05) is 6.92 Å². The van der Waals surface area contributed by atoms with Crippen molar-refractivity contribution in [2.24, 2.45) is 0 Å². The Hall–Kier alpha value is -2.65. The zero-order valence-corrected chi connectivity index (χ0v) is 18.6. The van der Waals surface area contributed by atoms with Gasteiger partial charge in [0.25, 0.3) is 0 Å². The maximum absolute atomic E-state index is 11.7. The molecule has 0 radical (unpaired) electrons. The van der Waals surface area contributed by atoms with Crippen LogP contribution in [0.15, 0.2) is 66.7 Å². The zero-order chi connectivity index (χ0) is 21.6. The number of hydrogen-bond donors (Lipinski definition) is 1. The van der Waals surface area contributed by atoms with E-state index in [1.165, 1.54) is 40.3 Å². The number of aryl methyl sites for hydroxylation is 1. The van der Waals surface area contributed by atoms with E-state index >= 15 is 0 Å². The first kappa shape index (κ1) is 21.6. The molecule has 0 aliphatic heterocycles. The van der Waals surface area contributed by atoms with Crippen LogP contribution in [0.5, 0.6) is 0 Å². The van der Waals surface area contributed by atoms with Gasteiger partial charge in [0.05, 0.1) is 6.61 Å². The van der Waals surface area contributed by atoms with Crippen LogP contribution < -0.4 is 5.32 Å². The number of ether oxygens (including phenoxy) is 1. The second-order valence-corrected chi connectivity index (χ2v) is 8.71. The Kier molecular flexibility index (Phi) is 7.03. The summed E-state index contributed by atoms with van der Waals surface area (Å²) in [5.74, 6) is 0.472. The van der Waals surface area contributed by atoms with Crippen molar-refractivity contribution in [2.75, 3.05) is 6.61 Å². The Bertz CT molecular complexity index is 1020. The molecule has 0 aromatic heterocycles. The number of rotatable bonds is 8. The first-order chi connectivity index (χ1) is 15.1. The molecule has 3 atom stereocenters. The second-order valence-electron chi connectivity index (χ2n) is 8.71. The Balaban J connectivity index is 1.37. The SMILES string of the molecule is CCOC(=O)CCc1cccc([C@H]2CCC(NC(C)c3cccc4ccccc34)C2)c1. The van der Waals surface area contributed by atoms with E-state index in [9.17, 15) is 4.79 Å². The second kappa shape index (κ2) is 10.1. The van der Waals surface area contributed by atoms with E-state index in [4.69, 9.17) is 4.74 Å². The molecule has 0 bridgehead atoms. The molecule has 0 amide bonds. The lowest BCUT2D eigenvalue weighted by atomic mass is 9.94. The smallest absolute Gasteiger partial charge is 0.306 e. The summed E-state index contributed by atoms with van der Waals surface area (Å²) in [5.41, 5.74) is 4.01. The predicted molar refractivity (Wildman–Crippen MR) is 127 cm³/mol. The van der Waals surface area contributed by atoms with Crippen LogP contribution in [0.25, 0.3) is 10.8 Å². The monoisotopic (exact) mass is 415 g/mol. The molecule has 1 saturated carbocycles. The molecule has 0 spiro atoms. The summed E-state index contributed by atoms with van der Waals surface area (Å²) in [6, 6.07) is 24.9. The summed E-state index contributed by atoms with van der Waals surface area (Å²) in [5, 5.41) is 6.54. The third kappa shape index (κ3) is 5.34. The largest absolute Gasteiger partial charge is 0.466 e. The highest BCUT2D eigenvalue weighted by Gasteiger charge is 2.27. The number of carbonyl (C=O) groups excluding carboxylic acids is 1. The highest BCUT2D eigenvalue weighted by molar-refractivity contribution is 5.86. The minimum Gasteiger partial charge on any atom is -0.466 e. The molecule has 3 heteroatoms. The first-order valence-electron chi connectivity index (χ1n) is 11.6. The summed E-state index contributed by atoms with van der Waals surface area (Å²) in [7, 11) is 0. The molecular formula is C28H33NO2. The first-order valence-corrected chi connectivity index (χ1v) is 11.6. The normalized spacial score (nSPS) is 19.4. The molecule has 0 saturated heterocycles. The lowest BCUT2D eigenvalue weighted by molar-refractivity contribution is -0.143. The van der Waals surface area contributed by atoms with Crippen LogP contribution in [0.1, 0.15) is 68.2 Å². The summed E-state index contributed by atoms with van der Waals surface area (Å²) >= 11 is 0. The summed E-state index contributed by atoms with van der Waals surface area (Å²) in [6.45, 7) is 4.59. The molecule has 4 rings (SSSR count). The van der Waals surface area contributed by atoms with Crippen LogP contribution in [0, 0.1) is 0 Å². The quantitative estimate of drug-likeness (QED) is 0.437. The van der Waals surface area contributed by atoms with Gasteiger partial charge in [-0.2, -0.15) is 0 Å². The van der Waals surface area contributed by atoms with Crippen molar-refractivity contribution in [1.82, 2.24) is 5.32 Å². The fourth-order valence-electron chi connectivity index (χ4n) is 4.99. The van der Waals surface area contributed by atoms with Crippen LogP contribution in [-0.2, 0) is 16.0 Å². The zero-order valence-electron chi connectivity index (χ0n) is 18.6. The molecule has 3 aromatic carbocycles. The van der Waals surface area contributed by atoms with Gasteiger partial charge in [-0.15, -0.1) is 0 Å². The molecular weight excluding hydrogens is 382 g/mol. The number of fused-ring (bicyclic) bond motifs is 1. The van der Waals surface area contributed by atoms with E-state index in [-0.39, 0.29) is 5.97 Å². The molecule has 1 fully saturated rings. The van der Waals surface area contributed by atoms with Crippen LogP contribution in [0.2, 0.25) is 0 Å². The third-order valence-electron chi connectivity index (χ3n) is 6.55. The highest BCUT2D eigenvalue weighted by atomic mass is 16.5. The van der Waals surface area contributed by atoms with E-state index in [0.717, 1.165) is 12.8 Å². The Labute approximate surface area is 185 Å². The molecule has 1 aliphatic rings. The lowest BCUT2D eigenvalue weighted by Gasteiger charge is -2.22. The van der Waals surface area contributed by atoms with Gasteiger partial charge in [0, 0.05) is 18.5 Å². The maximum Gasteiger partial charge on any atom is 0.306 e. The van der Waals surface area contributed by atoms with Crippen molar-refractivity contribution < 1.29 is 9.53 Å². The van der Waals surface area contributed by atoms with Crippen molar-refractivity contribution in [1.29, 1.82) is 0 Å². The van der Waals surface area contributed by atoms with Gasteiger partial charge < -0.3 is 10.1 Å². The fourth-order valence-corrected chi connectivity index (χ4v) is 4.99. The summed E-state index contributed by atoms with van der Waals surface area (Å²) in [6.07, 6.45) is 4.78. The summed E-state index contributed by atoms with van der Waals surface area (Å²) < 4.78 is 5.06. The molecule has 2 unspecified atom stereocenters. The van der Waals surface area contributed by atoms with Crippen molar-refractivity contribution in [3.63, 3.8) is 0 Å². The van der Waals surface area contributed by atoms with Crippen molar-refractivity contribution >= 4 is 16.7 Å². The summed E-state index contributed by atoms with van der Waals surface area (Å²) in [4.78, 5) is 11.7. The van der Waals surface area contributed by atoms with E-state index in [2.05, 4.69) is 79.0 Å². The van der Waals surface area contributed by atoms with Crippen LogP contribution >= 0.6 is 0 Å². The number of benzene rings is 3. The lowest BCUT2D eigenvalue weighted by Crippen LogP contribution is -2.29. The molecule has 3 nitrogen and oxygen atoms in total. The van der Waals surface area contributed by atoms with Crippen molar-refractivity contribution in [3.05, 3.63) is 83.4 Å². The van der Waals surface area contributed by atoms with Gasteiger partial charge in [-0.05, 0) is 72.9 Å².